The number of amides is 2. The Labute approximate surface area is 159 Å². The highest BCUT2D eigenvalue weighted by molar-refractivity contribution is 9.10. The smallest absolute Gasteiger partial charge is 0.408 e. The van der Waals surface area contributed by atoms with Crippen LogP contribution in [0.25, 0.3) is 0 Å². The first-order chi connectivity index (χ1) is 12.0. The topological polar surface area (TPSA) is 93.7 Å². The van der Waals surface area contributed by atoms with Gasteiger partial charge in [0.1, 0.15) is 18.0 Å². The largest absolute Gasteiger partial charge is 0.469 e. The molecule has 1 aromatic carbocycles. The molecule has 0 unspecified atom stereocenters. The van der Waals surface area contributed by atoms with Gasteiger partial charge in [-0.3, -0.25) is 9.59 Å². The first kappa shape index (κ1) is 21.9. The molecule has 1 atom stereocenters. The Kier molecular flexibility index (Phi) is 8.01. The van der Waals surface area contributed by atoms with Gasteiger partial charge in [0.15, 0.2) is 0 Å². The summed E-state index contributed by atoms with van der Waals surface area (Å²) in [6, 6.07) is 3.23. The molecule has 2 N–H and O–H groups in total. The number of alkyl carbamates (subject to hydrolysis) is 1. The molecular formula is C17H22BrFN2O5. The van der Waals surface area contributed by atoms with E-state index in [2.05, 4.69) is 31.3 Å². The van der Waals surface area contributed by atoms with Crippen LogP contribution in [0.4, 0.5) is 9.18 Å². The number of benzene rings is 1. The molecule has 9 heteroatoms. The number of ether oxygens (including phenoxy) is 2. The van der Waals surface area contributed by atoms with Crippen LogP contribution in [-0.2, 0) is 19.1 Å². The minimum absolute atomic E-state index is 0.121. The number of carbonyl (C=O) groups is 3. The van der Waals surface area contributed by atoms with Gasteiger partial charge in [-0.1, -0.05) is 15.9 Å². The third-order valence-electron chi connectivity index (χ3n) is 3.06. The SMILES string of the molecule is COC(=O)C[C@H](NC(=O)CNC(=O)OC(C)(C)C)c1cc(Br)ccc1F. The van der Waals surface area contributed by atoms with E-state index in [0.717, 1.165) is 0 Å². The number of methoxy groups -OCH3 is 1. The van der Waals surface area contributed by atoms with Crippen LogP contribution in [0.1, 0.15) is 38.8 Å². The monoisotopic (exact) mass is 432 g/mol. The lowest BCUT2D eigenvalue weighted by Gasteiger charge is -2.21. The fraction of sp³-hybridized carbons (Fsp3) is 0.471. The van der Waals surface area contributed by atoms with E-state index in [-0.39, 0.29) is 18.5 Å². The van der Waals surface area contributed by atoms with Gasteiger partial charge in [0, 0.05) is 10.0 Å². The number of nitrogens with one attached hydrogen (secondary N) is 2. The van der Waals surface area contributed by atoms with Gasteiger partial charge in [-0.25, -0.2) is 9.18 Å². The molecule has 1 aromatic rings. The maximum atomic E-state index is 14.1. The van der Waals surface area contributed by atoms with Crippen molar-refractivity contribution < 1.29 is 28.2 Å². The quantitative estimate of drug-likeness (QED) is 0.673. The zero-order valence-electron chi connectivity index (χ0n) is 15.0. The summed E-state index contributed by atoms with van der Waals surface area (Å²) in [5.41, 5.74) is -0.580. The van der Waals surface area contributed by atoms with Crippen molar-refractivity contribution in [3.05, 3.63) is 34.1 Å². The van der Waals surface area contributed by atoms with Gasteiger partial charge in [-0.2, -0.15) is 0 Å². The van der Waals surface area contributed by atoms with Crippen molar-refractivity contribution in [1.29, 1.82) is 0 Å². The van der Waals surface area contributed by atoms with Crippen LogP contribution in [-0.4, -0.2) is 37.2 Å². The van der Waals surface area contributed by atoms with E-state index in [0.29, 0.717) is 4.47 Å². The number of esters is 1. The molecular weight excluding hydrogens is 411 g/mol. The molecule has 7 nitrogen and oxygen atoms in total. The second-order valence-electron chi connectivity index (χ2n) is 6.42. The number of hydrogen-bond donors (Lipinski definition) is 2. The third kappa shape index (κ3) is 7.81. The molecule has 0 fully saturated rings. The Balaban J connectivity index is 2.79. The van der Waals surface area contributed by atoms with Gasteiger partial charge in [0.2, 0.25) is 5.91 Å². The predicted octanol–water partition coefficient (Wildman–Crippen LogP) is 2.83. The summed E-state index contributed by atoms with van der Waals surface area (Å²) in [4.78, 5) is 35.3. The molecule has 0 saturated heterocycles. The molecule has 0 radical (unpaired) electrons. The zero-order chi connectivity index (χ0) is 19.9. The van der Waals surface area contributed by atoms with Crippen molar-refractivity contribution in [3.63, 3.8) is 0 Å². The highest BCUT2D eigenvalue weighted by Gasteiger charge is 2.23. The molecule has 144 valence electrons. The lowest BCUT2D eigenvalue weighted by molar-refractivity contribution is -0.141. The zero-order valence-corrected chi connectivity index (χ0v) is 16.6. The standard InChI is InChI=1S/C17H22BrFN2O5/c1-17(2,3)26-16(24)20-9-14(22)21-13(8-15(23)25-4)11-7-10(18)5-6-12(11)19/h5-7,13H,8-9H2,1-4H3,(H,20,24)(H,21,22)/t13-/m0/s1. The summed E-state index contributed by atoms with van der Waals surface area (Å²) in [6.07, 6.45) is -1.02. The molecule has 0 aliphatic carbocycles. The van der Waals surface area contributed by atoms with E-state index < -0.39 is 35.4 Å². The van der Waals surface area contributed by atoms with Crippen molar-refractivity contribution in [2.75, 3.05) is 13.7 Å². The van der Waals surface area contributed by atoms with Gasteiger partial charge in [0.05, 0.1) is 19.6 Å². The summed E-state index contributed by atoms with van der Waals surface area (Å²) < 4.78 is 24.3. The van der Waals surface area contributed by atoms with Crippen LogP contribution in [0.3, 0.4) is 0 Å². The molecule has 0 saturated carbocycles. The molecule has 26 heavy (non-hydrogen) atoms. The Morgan fingerprint density at radius 1 is 1.27 bits per heavy atom. The highest BCUT2D eigenvalue weighted by atomic mass is 79.9. The normalized spacial score (nSPS) is 12.1. The van der Waals surface area contributed by atoms with Gasteiger partial charge in [-0.05, 0) is 39.0 Å². The summed E-state index contributed by atoms with van der Waals surface area (Å²) >= 11 is 3.22. The maximum Gasteiger partial charge on any atom is 0.408 e. The van der Waals surface area contributed by atoms with Gasteiger partial charge in [0.25, 0.3) is 0 Å². The van der Waals surface area contributed by atoms with Gasteiger partial charge in [-0.15, -0.1) is 0 Å². The van der Waals surface area contributed by atoms with Crippen LogP contribution < -0.4 is 10.6 Å². The van der Waals surface area contributed by atoms with Crippen molar-refractivity contribution in [3.8, 4) is 0 Å². The Bertz CT molecular complexity index is 676. The second-order valence-corrected chi connectivity index (χ2v) is 7.34. The number of halogens is 2. The summed E-state index contributed by atoms with van der Waals surface area (Å²) in [7, 11) is 1.20. The average molecular weight is 433 g/mol. The van der Waals surface area contributed by atoms with Gasteiger partial charge < -0.3 is 20.1 Å². The van der Waals surface area contributed by atoms with Crippen LogP contribution in [0.15, 0.2) is 22.7 Å². The van der Waals surface area contributed by atoms with E-state index >= 15 is 0 Å². The van der Waals surface area contributed by atoms with Crippen molar-refractivity contribution in [1.82, 2.24) is 10.6 Å². The molecule has 2 amide bonds. The van der Waals surface area contributed by atoms with E-state index in [4.69, 9.17) is 4.74 Å². The number of hydrogen-bond acceptors (Lipinski definition) is 5. The predicted molar refractivity (Wildman–Crippen MR) is 95.9 cm³/mol. The summed E-state index contributed by atoms with van der Waals surface area (Å²) in [5.74, 6) is -1.80. The van der Waals surface area contributed by atoms with Crippen molar-refractivity contribution >= 4 is 33.9 Å². The average Bonchev–Trinajstić information content (AvgIpc) is 2.53. The third-order valence-corrected chi connectivity index (χ3v) is 3.55. The van der Waals surface area contributed by atoms with E-state index in [1.807, 2.05) is 0 Å². The van der Waals surface area contributed by atoms with Crippen LogP contribution in [0.5, 0.6) is 0 Å². The fourth-order valence-electron chi connectivity index (χ4n) is 1.98. The van der Waals surface area contributed by atoms with E-state index in [1.54, 1.807) is 20.8 Å². The summed E-state index contributed by atoms with van der Waals surface area (Å²) in [5, 5.41) is 4.81. The molecule has 0 bridgehead atoms. The lowest BCUT2D eigenvalue weighted by Crippen LogP contribution is -2.41. The lowest BCUT2D eigenvalue weighted by atomic mass is 10.0. The first-order valence-corrected chi connectivity index (χ1v) is 8.59. The van der Waals surface area contributed by atoms with Crippen molar-refractivity contribution in [2.45, 2.75) is 38.8 Å². The van der Waals surface area contributed by atoms with Crippen LogP contribution >= 0.6 is 15.9 Å². The van der Waals surface area contributed by atoms with Crippen molar-refractivity contribution in [2.24, 2.45) is 0 Å². The van der Waals surface area contributed by atoms with E-state index in [9.17, 15) is 18.8 Å². The number of rotatable bonds is 6. The molecule has 0 aliphatic heterocycles. The number of carbonyl (C=O) groups excluding carboxylic acids is 3. The summed E-state index contributed by atoms with van der Waals surface area (Å²) in [6.45, 7) is 4.68. The molecule has 0 aromatic heterocycles. The second kappa shape index (κ2) is 9.51. The highest BCUT2D eigenvalue weighted by Crippen LogP contribution is 2.24. The molecule has 0 aliphatic rings. The molecule has 0 heterocycles. The minimum Gasteiger partial charge on any atom is -0.469 e. The Hall–Kier alpha value is -2.16. The fourth-order valence-corrected chi connectivity index (χ4v) is 2.36. The minimum atomic E-state index is -0.951. The van der Waals surface area contributed by atoms with Crippen LogP contribution in [0.2, 0.25) is 0 Å². The van der Waals surface area contributed by atoms with E-state index in [1.165, 1.54) is 25.3 Å². The first-order valence-electron chi connectivity index (χ1n) is 7.80. The van der Waals surface area contributed by atoms with Gasteiger partial charge >= 0.3 is 12.1 Å². The molecule has 0 spiro atoms. The van der Waals surface area contributed by atoms with Crippen LogP contribution in [0, 0.1) is 5.82 Å². The Morgan fingerprint density at radius 2 is 1.92 bits per heavy atom. The Morgan fingerprint density at radius 3 is 2.50 bits per heavy atom. The molecule has 1 rings (SSSR count). The maximum absolute atomic E-state index is 14.1.